The molecule has 1 saturated heterocycles. The highest BCUT2D eigenvalue weighted by Crippen LogP contribution is 2.34. The van der Waals surface area contributed by atoms with E-state index >= 15 is 0 Å². The molecule has 4 rings (SSSR count). The highest BCUT2D eigenvalue weighted by molar-refractivity contribution is 7.89. The van der Waals surface area contributed by atoms with Gasteiger partial charge in [-0.05, 0) is 49.4 Å². The first-order chi connectivity index (χ1) is 16.2. The van der Waals surface area contributed by atoms with Crippen LogP contribution in [0.25, 0.3) is 0 Å². The first kappa shape index (κ1) is 24.7. The lowest BCUT2D eigenvalue weighted by Gasteiger charge is -2.31. The lowest BCUT2D eigenvalue weighted by molar-refractivity contribution is -0.132. The van der Waals surface area contributed by atoms with Gasteiger partial charge in [-0.2, -0.15) is 4.31 Å². The molecule has 1 N–H and O–H groups in total. The molecule has 1 aliphatic carbocycles. The zero-order valence-corrected chi connectivity index (χ0v) is 20.8. The number of hydrogen-bond acceptors (Lipinski definition) is 5. The third-order valence-electron chi connectivity index (χ3n) is 7.32. The van der Waals surface area contributed by atoms with Crippen molar-refractivity contribution in [2.24, 2.45) is 0 Å². The molecule has 0 atom stereocenters. The predicted molar refractivity (Wildman–Crippen MR) is 128 cm³/mol. The lowest BCUT2D eigenvalue weighted by atomic mass is 9.82. The summed E-state index contributed by atoms with van der Waals surface area (Å²) in [4.78, 5) is 41.7. The van der Waals surface area contributed by atoms with Crippen molar-refractivity contribution in [2.75, 3.05) is 31.1 Å². The van der Waals surface area contributed by atoms with Crippen molar-refractivity contribution in [1.82, 2.24) is 14.5 Å². The number of nitrogens with zero attached hydrogens (tertiary/aromatic N) is 3. The molecule has 10 heteroatoms. The van der Waals surface area contributed by atoms with E-state index in [2.05, 4.69) is 5.32 Å². The second-order valence-electron chi connectivity index (χ2n) is 9.31. The fourth-order valence-electron chi connectivity index (χ4n) is 5.42. The Labute approximate surface area is 201 Å². The van der Waals surface area contributed by atoms with Gasteiger partial charge in [0.1, 0.15) is 5.54 Å². The molecule has 1 saturated carbocycles. The molecule has 1 aromatic rings. The number of benzene rings is 1. The zero-order valence-electron chi connectivity index (χ0n) is 20.0. The van der Waals surface area contributed by atoms with E-state index in [0.717, 1.165) is 31.2 Å². The summed E-state index contributed by atoms with van der Waals surface area (Å²) in [7, 11) is -3.58. The SMILES string of the molecule is CCN(CC)S(=O)(=O)c1ccc2c(c1)CCCN2C(=O)CCN1C(=O)NC2(CCCCC2)C1=O. The summed E-state index contributed by atoms with van der Waals surface area (Å²) in [5.41, 5.74) is 0.739. The zero-order chi connectivity index (χ0) is 24.5. The Morgan fingerprint density at radius 3 is 2.47 bits per heavy atom. The van der Waals surface area contributed by atoms with Gasteiger partial charge in [0.05, 0.1) is 4.90 Å². The molecular formula is C24H34N4O5S. The van der Waals surface area contributed by atoms with Crippen molar-refractivity contribution in [3.8, 4) is 0 Å². The summed E-state index contributed by atoms with van der Waals surface area (Å²) in [5.74, 6) is -0.388. The normalized spacial score (nSPS) is 20.1. The molecule has 3 aliphatic rings. The van der Waals surface area contributed by atoms with E-state index in [1.165, 1.54) is 9.21 Å². The van der Waals surface area contributed by atoms with Gasteiger partial charge in [-0.3, -0.25) is 14.5 Å². The van der Waals surface area contributed by atoms with Crippen LogP contribution in [0.1, 0.15) is 64.4 Å². The molecule has 0 unspecified atom stereocenters. The monoisotopic (exact) mass is 490 g/mol. The van der Waals surface area contributed by atoms with Crippen LogP contribution in [0.4, 0.5) is 10.5 Å². The molecule has 2 aliphatic heterocycles. The molecule has 0 bridgehead atoms. The molecular weight excluding hydrogens is 456 g/mol. The van der Waals surface area contributed by atoms with Crippen LogP contribution in [0, 0.1) is 0 Å². The smallest absolute Gasteiger partial charge is 0.323 e. The summed E-state index contributed by atoms with van der Waals surface area (Å²) in [6, 6.07) is 4.52. The van der Waals surface area contributed by atoms with Gasteiger partial charge < -0.3 is 10.2 Å². The van der Waals surface area contributed by atoms with Gasteiger partial charge in [0, 0.05) is 38.3 Å². The number of fused-ring (bicyclic) bond motifs is 1. The number of anilines is 1. The van der Waals surface area contributed by atoms with E-state index < -0.39 is 21.6 Å². The van der Waals surface area contributed by atoms with Gasteiger partial charge in [0.25, 0.3) is 5.91 Å². The van der Waals surface area contributed by atoms with Crippen molar-refractivity contribution >= 4 is 33.6 Å². The molecule has 0 radical (unpaired) electrons. The summed E-state index contributed by atoms with van der Waals surface area (Å²) in [6.45, 7) is 4.97. The van der Waals surface area contributed by atoms with E-state index in [-0.39, 0.29) is 29.7 Å². The number of rotatable bonds is 7. The minimum absolute atomic E-state index is 0.0359. The van der Waals surface area contributed by atoms with Gasteiger partial charge in [-0.1, -0.05) is 33.1 Å². The van der Waals surface area contributed by atoms with Gasteiger partial charge in [-0.25, -0.2) is 13.2 Å². The first-order valence-electron chi connectivity index (χ1n) is 12.3. The van der Waals surface area contributed by atoms with Crippen LogP contribution in [0.3, 0.4) is 0 Å². The molecule has 1 spiro atoms. The maximum Gasteiger partial charge on any atom is 0.325 e. The number of imide groups is 1. The minimum atomic E-state index is -3.58. The van der Waals surface area contributed by atoms with Gasteiger partial charge in [0.2, 0.25) is 15.9 Å². The van der Waals surface area contributed by atoms with Crippen LogP contribution in [0.15, 0.2) is 23.1 Å². The van der Waals surface area contributed by atoms with Crippen molar-refractivity contribution in [3.63, 3.8) is 0 Å². The Hall–Kier alpha value is -2.46. The largest absolute Gasteiger partial charge is 0.325 e. The number of carbonyl (C=O) groups is 3. The second-order valence-corrected chi connectivity index (χ2v) is 11.2. The van der Waals surface area contributed by atoms with E-state index in [1.807, 2.05) is 0 Å². The standard InChI is InChI=1S/C24H34N4O5S/c1-3-26(4-2)34(32,33)19-10-11-20-18(17-19)9-8-15-27(20)21(29)12-16-28-22(30)24(25-23(28)31)13-6-5-7-14-24/h10-11,17H,3-9,12-16H2,1-2H3,(H,25,31). The number of nitrogens with one attached hydrogen (secondary N) is 1. The third kappa shape index (κ3) is 4.33. The van der Waals surface area contributed by atoms with Crippen LogP contribution in [-0.2, 0) is 26.0 Å². The quantitative estimate of drug-likeness (QED) is 0.592. The third-order valence-corrected chi connectivity index (χ3v) is 9.36. The van der Waals surface area contributed by atoms with Gasteiger partial charge >= 0.3 is 6.03 Å². The number of sulfonamides is 1. The molecule has 186 valence electrons. The van der Waals surface area contributed by atoms with Crippen LogP contribution in [0.2, 0.25) is 0 Å². The predicted octanol–water partition coefficient (Wildman–Crippen LogP) is 2.64. The number of hydrogen-bond donors (Lipinski definition) is 1. The number of urea groups is 1. The molecule has 4 amide bonds. The molecule has 1 aromatic carbocycles. The molecule has 9 nitrogen and oxygen atoms in total. The minimum Gasteiger partial charge on any atom is -0.323 e. The van der Waals surface area contributed by atoms with Crippen LogP contribution in [0.5, 0.6) is 0 Å². The lowest BCUT2D eigenvalue weighted by Crippen LogP contribution is -2.48. The summed E-state index contributed by atoms with van der Waals surface area (Å²) in [5, 5.41) is 2.88. The van der Waals surface area contributed by atoms with Crippen LogP contribution in [-0.4, -0.2) is 67.2 Å². The summed E-state index contributed by atoms with van der Waals surface area (Å²) in [6.07, 6.45) is 5.64. The molecule has 0 aromatic heterocycles. The van der Waals surface area contributed by atoms with Crippen LogP contribution < -0.4 is 10.2 Å². The highest BCUT2D eigenvalue weighted by atomic mass is 32.2. The average Bonchev–Trinajstić information content (AvgIpc) is 3.06. The van der Waals surface area contributed by atoms with Crippen molar-refractivity contribution in [2.45, 2.75) is 75.6 Å². The average molecular weight is 491 g/mol. The first-order valence-corrected chi connectivity index (χ1v) is 13.7. The van der Waals surface area contributed by atoms with Crippen LogP contribution >= 0.6 is 0 Å². The fourth-order valence-corrected chi connectivity index (χ4v) is 6.93. The van der Waals surface area contributed by atoms with Crippen molar-refractivity contribution < 1.29 is 22.8 Å². The van der Waals surface area contributed by atoms with E-state index in [0.29, 0.717) is 44.6 Å². The fraction of sp³-hybridized carbons (Fsp3) is 0.625. The topological polar surface area (TPSA) is 107 Å². The molecule has 2 heterocycles. The van der Waals surface area contributed by atoms with E-state index in [1.54, 1.807) is 36.9 Å². The summed E-state index contributed by atoms with van der Waals surface area (Å²) >= 11 is 0. The maximum absolute atomic E-state index is 13.1. The van der Waals surface area contributed by atoms with E-state index in [9.17, 15) is 22.8 Å². The summed E-state index contributed by atoms with van der Waals surface area (Å²) < 4.78 is 27.2. The highest BCUT2D eigenvalue weighted by Gasteiger charge is 2.51. The molecule has 34 heavy (non-hydrogen) atoms. The Morgan fingerprint density at radius 2 is 1.79 bits per heavy atom. The van der Waals surface area contributed by atoms with Gasteiger partial charge in [0.15, 0.2) is 0 Å². The Kier molecular flexibility index (Phi) is 7.00. The maximum atomic E-state index is 13.1. The van der Waals surface area contributed by atoms with Crippen molar-refractivity contribution in [3.05, 3.63) is 23.8 Å². The number of amides is 4. The second kappa shape index (κ2) is 9.65. The Balaban J connectivity index is 1.46. The number of aryl methyl sites for hydroxylation is 1. The Morgan fingerprint density at radius 1 is 1.09 bits per heavy atom. The number of carbonyl (C=O) groups excluding carboxylic acids is 3. The Bertz CT molecular complexity index is 1080. The van der Waals surface area contributed by atoms with Crippen molar-refractivity contribution in [1.29, 1.82) is 0 Å². The van der Waals surface area contributed by atoms with Gasteiger partial charge in [-0.15, -0.1) is 0 Å². The molecule has 2 fully saturated rings. The van der Waals surface area contributed by atoms with E-state index in [4.69, 9.17) is 0 Å².